The molecule has 0 saturated heterocycles. The zero-order chi connectivity index (χ0) is 19.9. The van der Waals surface area contributed by atoms with Gasteiger partial charge in [-0.25, -0.2) is 4.98 Å². The summed E-state index contributed by atoms with van der Waals surface area (Å²) in [5.74, 6) is -0.350. The average molecular weight is 459 g/mol. The maximum absolute atomic E-state index is 12.1. The van der Waals surface area contributed by atoms with Gasteiger partial charge in [0.2, 0.25) is 5.91 Å². The summed E-state index contributed by atoms with van der Waals surface area (Å²) in [6.45, 7) is 0.272. The van der Waals surface area contributed by atoms with Gasteiger partial charge in [-0.2, -0.15) is 0 Å². The molecule has 0 unspecified atom stereocenters. The Hall–Kier alpha value is -2.58. The van der Waals surface area contributed by atoms with Crippen LogP contribution in [0, 0.1) is 0 Å². The topological polar surface area (TPSA) is 76.0 Å². The molecule has 1 heterocycles. The Bertz CT molecular complexity index is 955. The molecule has 1 aromatic heterocycles. The predicted octanol–water partition coefficient (Wildman–Crippen LogP) is 4.09. The summed E-state index contributed by atoms with van der Waals surface area (Å²) in [6, 6.07) is 14.6. The Balaban J connectivity index is 1.43. The van der Waals surface area contributed by atoms with E-state index >= 15 is 0 Å². The number of hydrogen-bond donors (Lipinski definition) is 2. The van der Waals surface area contributed by atoms with Crippen LogP contribution in [0.1, 0.15) is 16.8 Å². The number of aryl methyl sites for hydroxylation is 1. The van der Waals surface area contributed by atoms with E-state index in [4.69, 9.17) is 0 Å². The van der Waals surface area contributed by atoms with Crippen molar-refractivity contribution in [3.8, 4) is 0 Å². The molecule has 8 heteroatoms. The molecule has 2 N–H and O–H groups in total. The Morgan fingerprint density at radius 1 is 1.11 bits per heavy atom. The number of benzene rings is 2. The fraction of sp³-hybridized carbons (Fsp3) is 0.150. The normalized spacial score (nSPS) is 10.5. The first-order chi connectivity index (χ1) is 13.5. The summed E-state index contributed by atoms with van der Waals surface area (Å²) in [4.78, 5) is 29.4. The molecule has 3 rings (SSSR count). The van der Waals surface area contributed by atoms with Crippen LogP contribution < -0.4 is 10.6 Å². The highest BCUT2D eigenvalue weighted by Gasteiger charge is 2.08. The number of aromatic nitrogens is 2. The summed E-state index contributed by atoms with van der Waals surface area (Å²) < 4.78 is 2.86. The van der Waals surface area contributed by atoms with Gasteiger partial charge in [0.1, 0.15) is 0 Å². The van der Waals surface area contributed by atoms with Crippen LogP contribution in [0.25, 0.3) is 0 Å². The van der Waals surface area contributed by atoms with Crippen molar-refractivity contribution in [2.75, 3.05) is 11.9 Å². The van der Waals surface area contributed by atoms with Crippen molar-refractivity contribution in [3.05, 3.63) is 71.0 Å². The molecule has 0 aliphatic carbocycles. The molecule has 0 aliphatic heterocycles. The lowest BCUT2D eigenvalue weighted by Crippen LogP contribution is -2.27. The summed E-state index contributed by atoms with van der Waals surface area (Å²) in [7, 11) is 1.94. The van der Waals surface area contributed by atoms with Crippen LogP contribution in [-0.4, -0.2) is 27.9 Å². The maximum atomic E-state index is 12.1. The van der Waals surface area contributed by atoms with Crippen LogP contribution in [0.15, 0.2) is 75.4 Å². The highest BCUT2D eigenvalue weighted by molar-refractivity contribution is 9.10. The van der Waals surface area contributed by atoms with Gasteiger partial charge in [-0.3, -0.25) is 9.59 Å². The molecule has 0 atom stereocenters. The summed E-state index contributed by atoms with van der Waals surface area (Å²) in [5.41, 5.74) is 1.28. The lowest BCUT2D eigenvalue weighted by molar-refractivity contribution is -0.116. The van der Waals surface area contributed by atoms with Crippen LogP contribution >= 0.6 is 27.7 Å². The van der Waals surface area contributed by atoms with E-state index in [9.17, 15) is 9.59 Å². The standard InChI is InChI=1S/C20H19BrN4O2S/c1-25-13-12-23-20(25)28-17-8-6-16(7-9-17)24-18(26)10-11-22-19(27)14-2-4-15(21)5-3-14/h2-9,12-13H,10-11H2,1H3,(H,22,27)(H,24,26). The van der Waals surface area contributed by atoms with Gasteiger partial charge in [0, 0.05) is 53.0 Å². The van der Waals surface area contributed by atoms with Gasteiger partial charge in [-0.15, -0.1) is 0 Å². The first-order valence-electron chi connectivity index (χ1n) is 8.60. The Labute approximate surface area is 175 Å². The maximum Gasteiger partial charge on any atom is 0.251 e. The Kier molecular flexibility index (Phi) is 6.89. The molecule has 28 heavy (non-hydrogen) atoms. The van der Waals surface area contributed by atoms with E-state index in [0.29, 0.717) is 11.3 Å². The second-order valence-electron chi connectivity index (χ2n) is 6.01. The quantitative estimate of drug-likeness (QED) is 0.558. The zero-order valence-corrected chi connectivity index (χ0v) is 17.6. The second kappa shape index (κ2) is 9.57. The number of carbonyl (C=O) groups is 2. The summed E-state index contributed by atoms with van der Waals surface area (Å²) in [5, 5.41) is 6.48. The fourth-order valence-electron chi connectivity index (χ4n) is 2.38. The number of nitrogens with one attached hydrogen (secondary N) is 2. The van der Waals surface area contributed by atoms with Gasteiger partial charge in [0.15, 0.2) is 5.16 Å². The van der Waals surface area contributed by atoms with Gasteiger partial charge >= 0.3 is 0 Å². The van der Waals surface area contributed by atoms with Crippen LogP contribution in [0.5, 0.6) is 0 Å². The van der Waals surface area contributed by atoms with Crippen molar-refractivity contribution in [3.63, 3.8) is 0 Å². The number of anilines is 1. The highest BCUT2D eigenvalue weighted by Crippen LogP contribution is 2.26. The molecule has 2 amide bonds. The van der Waals surface area contributed by atoms with Crippen molar-refractivity contribution in [1.82, 2.24) is 14.9 Å². The van der Waals surface area contributed by atoms with E-state index in [1.165, 1.54) is 0 Å². The molecule has 6 nitrogen and oxygen atoms in total. The molecule has 0 spiro atoms. The van der Waals surface area contributed by atoms with E-state index in [-0.39, 0.29) is 24.8 Å². The number of rotatable bonds is 7. The van der Waals surface area contributed by atoms with Crippen molar-refractivity contribution in [2.24, 2.45) is 7.05 Å². The third-order valence-corrected chi connectivity index (χ3v) is 5.48. The van der Waals surface area contributed by atoms with Crippen LogP contribution in [0.3, 0.4) is 0 Å². The number of carbonyl (C=O) groups excluding carboxylic acids is 2. The molecule has 2 aromatic carbocycles. The molecule has 0 radical (unpaired) electrons. The van der Waals surface area contributed by atoms with Crippen molar-refractivity contribution >= 4 is 45.2 Å². The number of amides is 2. The molecular weight excluding hydrogens is 440 g/mol. The van der Waals surface area contributed by atoms with Crippen molar-refractivity contribution in [1.29, 1.82) is 0 Å². The monoisotopic (exact) mass is 458 g/mol. The molecule has 0 fully saturated rings. The van der Waals surface area contributed by atoms with E-state index in [0.717, 1.165) is 14.5 Å². The third-order valence-electron chi connectivity index (χ3n) is 3.87. The van der Waals surface area contributed by atoms with Crippen LogP contribution in [0.2, 0.25) is 0 Å². The van der Waals surface area contributed by atoms with Gasteiger partial charge in [0.25, 0.3) is 5.91 Å². The smallest absolute Gasteiger partial charge is 0.251 e. The summed E-state index contributed by atoms with van der Waals surface area (Å²) >= 11 is 4.88. The predicted molar refractivity (Wildman–Crippen MR) is 113 cm³/mol. The van der Waals surface area contributed by atoms with E-state index in [2.05, 4.69) is 31.5 Å². The number of nitrogens with zero attached hydrogens (tertiary/aromatic N) is 2. The zero-order valence-electron chi connectivity index (χ0n) is 15.2. The van der Waals surface area contributed by atoms with Crippen molar-refractivity contribution < 1.29 is 9.59 Å². The minimum atomic E-state index is -0.198. The van der Waals surface area contributed by atoms with Crippen LogP contribution in [-0.2, 0) is 11.8 Å². The number of imidazole rings is 1. The van der Waals surface area contributed by atoms with E-state index < -0.39 is 0 Å². The largest absolute Gasteiger partial charge is 0.352 e. The van der Waals surface area contributed by atoms with Gasteiger partial charge in [-0.05, 0) is 48.5 Å². The molecule has 0 aliphatic rings. The first-order valence-corrected chi connectivity index (χ1v) is 10.2. The lowest BCUT2D eigenvalue weighted by atomic mass is 10.2. The molecular formula is C20H19BrN4O2S. The van der Waals surface area contributed by atoms with E-state index in [1.807, 2.05) is 42.1 Å². The molecule has 0 saturated carbocycles. The van der Waals surface area contributed by atoms with Crippen molar-refractivity contribution in [2.45, 2.75) is 16.5 Å². The minimum absolute atomic E-state index is 0.152. The van der Waals surface area contributed by atoms with E-state index in [1.54, 1.807) is 42.2 Å². The molecule has 0 bridgehead atoms. The number of halogens is 1. The fourth-order valence-corrected chi connectivity index (χ4v) is 3.44. The average Bonchev–Trinajstić information content (AvgIpc) is 3.08. The Morgan fingerprint density at radius 2 is 1.82 bits per heavy atom. The summed E-state index contributed by atoms with van der Waals surface area (Å²) in [6.07, 6.45) is 3.85. The van der Waals surface area contributed by atoms with Gasteiger partial charge in [-0.1, -0.05) is 27.7 Å². The highest BCUT2D eigenvalue weighted by atomic mass is 79.9. The van der Waals surface area contributed by atoms with Gasteiger partial charge in [0.05, 0.1) is 0 Å². The second-order valence-corrected chi connectivity index (χ2v) is 7.96. The first kappa shape index (κ1) is 20.2. The van der Waals surface area contributed by atoms with Crippen LogP contribution in [0.4, 0.5) is 5.69 Å². The Morgan fingerprint density at radius 3 is 2.46 bits per heavy atom. The van der Waals surface area contributed by atoms with Gasteiger partial charge < -0.3 is 15.2 Å². The lowest BCUT2D eigenvalue weighted by Gasteiger charge is -2.08. The SMILES string of the molecule is Cn1ccnc1Sc1ccc(NC(=O)CCNC(=O)c2ccc(Br)cc2)cc1. The third kappa shape index (κ3) is 5.71. The molecule has 3 aromatic rings. The number of hydrogen-bond acceptors (Lipinski definition) is 4. The molecule has 144 valence electrons. The minimum Gasteiger partial charge on any atom is -0.352 e.